The van der Waals surface area contributed by atoms with Crippen LogP contribution in [0.15, 0.2) is 48.7 Å². The van der Waals surface area contributed by atoms with Crippen molar-refractivity contribution in [1.29, 1.82) is 0 Å². The highest BCUT2D eigenvalue weighted by atomic mass is 35.5. The van der Waals surface area contributed by atoms with Gasteiger partial charge in [0.1, 0.15) is 11.7 Å². The van der Waals surface area contributed by atoms with E-state index in [0.29, 0.717) is 24.7 Å². The summed E-state index contributed by atoms with van der Waals surface area (Å²) in [5.41, 5.74) is 1.59. The second kappa shape index (κ2) is 9.20. The molecule has 0 saturated carbocycles. The van der Waals surface area contributed by atoms with Gasteiger partial charge in [-0.05, 0) is 54.5 Å². The molecule has 2 amide bonds. The van der Waals surface area contributed by atoms with E-state index in [1.54, 1.807) is 24.4 Å². The van der Waals surface area contributed by atoms with Gasteiger partial charge >= 0.3 is 0 Å². The molecule has 0 bridgehead atoms. The summed E-state index contributed by atoms with van der Waals surface area (Å²) in [4.78, 5) is 31.5. The molecule has 1 fully saturated rings. The van der Waals surface area contributed by atoms with E-state index in [1.165, 1.54) is 5.56 Å². The van der Waals surface area contributed by atoms with E-state index in [2.05, 4.69) is 22.4 Å². The van der Waals surface area contributed by atoms with Crippen molar-refractivity contribution in [2.45, 2.75) is 38.6 Å². The Morgan fingerprint density at radius 1 is 1.11 bits per heavy atom. The van der Waals surface area contributed by atoms with E-state index >= 15 is 0 Å². The molecule has 5 nitrogen and oxygen atoms in total. The van der Waals surface area contributed by atoms with E-state index in [1.807, 2.05) is 30.9 Å². The molecule has 6 heteroatoms. The zero-order valence-electron chi connectivity index (χ0n) is 16.3. The van der Waals surface area contributed by atoms with Crippen LogP contribution in [0.5, 0.6) is 0 Å². The largest absolute Gasteiger partial charge is 0.341 e. The lowest BCUT2D eigenvalue weighted by atomic mass is 9.89. The summed E-state index contributed by atoms with van der Waals surface area (Å²) in [6, 6.07) is 12.6. The fraction of sp³-hybridized carbons (Fsp3) is 0.409. The number of piperidine rings is 1. The molecule has 0 spiro atoms. The SMILES string of the molecule is CC(C)C(NC(=O)c1ccccn1)C(=O)N1CCC(c2ccc(Cl)cc2)CC1. The van der Waals surface area contributed by atoms with Crippen LogP contribution >= 0.6 is 11.6 Å². The fourth-order valence-electron chi connectivity index (χ4n) is 3.59. The summed E-state index contributed by atoms with van der Waals surface area (Å²) in [5.74, 6) is 0.0913. The van der Waals surface area contributed by atoms with Gasteiger partial charge in [-0.25, -0.2) is 0 Å². The number of hydrogen-bond acceptors (Lipinski definition) is 3. The number of carbonyl (C=O) groups is 2. The molecule has 1 aliphatic heterocycles. The van der Waals surface area contributed by atoms with Crippen molar-refractivity contribution in [3.05, 3.63) is 64.9 Å². The summed E-state index contributed by atoms with van der Waals surface area (Å²) in [5, 5.41) is 3.61. The molecule has 1 aromatic heterocycles. The summed E-state index contributed by atoms with van der Waals surface area (Å²) in [7, 11) is 0. The van der Waals surface area contributed by atoms with Crippen molar-refractivity contribution in [3.63, 3.8) is 0 Å². The Morgan fingerprint density at radius 3 is 2.36 bits per heavy atom. The second-order valence-corrected chi connectivity index (χ2v) is 8.00. The number of hydrogen-bond donors (Lipinski definition) is 1. The molecule has 2 heterocycles. The number of halogens is 1. The normalized spacial score (nSPS) is 16.1. The lowest BCUT2D eigenvalue weighted by Crippen LogP contribution is -2.53. The van der Waals surface area contributed by atoms with Crippen LogP contribution in [0, 0.1) is 5.92 Å². The molecule has 0 radical (unpaired) electrons. The second-order valence-electron chi connectivity index (χ2n) is 7.56. The van der Waals surface area contributed by atoms with Crippen LogP contribution < -0.4 is 5.32 Å². The van der Waals surface area contributed by atoms with Gasteiger partial charge < -0.3 is 10.2 Å². The fourth-order valence-corrected chi connectivity index (χ4v) is 3.72. The first kappa shape index (κ1) is 20.3. The van der Waals surface area contributed by atoms with Crippen LogP contribution in [0.25, 0.3) is 0 Å². The first-order valence-electron chi connectivity index (χ1n) is 9.72. The monoisotopic (exact) mass is 399 g/mol. The topological polar surface area (TPSA) is 62.3 Å². The molecule has 1 aromatic carbocycles. The van der Waals surface area contributed by atoms with Gasteiger partial charge in [-0.15, -0.1) is 0 Å². The van der Waals surface area contributed by atoms with Crippen LogP contribution in [0.2, 0.25) is 5.02 Å². The molecule has 1 atom stereocenters. The third-order valence-electron chi connectivity index (χ3n) is 5.26. The summed E-state index contributed by atoms with van der Waals surface area (Å²) in [6.45, 7) is 5.27. The number of rotatable bonds is 5. The van der Waals surface area contributed by atoms with E-state index in [4.69, 9.17) is 11.6 Å². The van der Waals surface area contributed by atoms with Crippen molar-refractivity contribution in [1.82, 2.24) is 15.2 Å². The molecule has 0 aliphatic carbocycles. The Bertz CT molecular complexity index is 800. The maximum absolute atomic E-state index is 13.1. The highest BCUT2D eigenvalue weighted by molar-refractivity contribution is 6.30. The number of benzene rings is 1. The van der Waals surface area contributed by atoms with Crippen molar-refractivity contribution in [3.8, 4) is 0 Å². The Labute approximate surface area is 171 Å². The average Bonchev–Trinajstić information content (AvgIpc) is 2.72. The lowest BCUT2D eigenvalue weighted by molar-refractivity contribution is -0.135. The van der Waals surface area contributed by atoms with Crippen LogP contribution in [0.3, 0.4) is 0 Å². The average molecular weight is 400 g/mol. The minimum atomic E-state index is -0.554. The maximum Gasteiger partial charge on any atom is 0.270 e. The molecule has 28 heavy (non-hydrogen) atoms. The van der Waals surface area contributed by atoms with Crippen LogP contribution in [-0.4, -0.2) is 40.8 Å². The highest BCUT2D eigenvalue weighted by Gasteiger charge is 2.31. The number of carbonyl (C=O) groups excluding carboxylic acids is 2. The summed E-state index contributed by atoms with van der Waals surface area (Å²) in [6.07, 6.45) is 3.39. The molecule has 1 N–H and O–H groups in total. The maximum atomic E-state index is 13.1. The molecule has 1 unspecified atom stereocenters. The smallest absolute Gasteiger partial charge is 0.270 e. The van der Waals surface area contributed by atoms with Crippen molar-refractivity contribution < 1.29 is 9.59 Å². The van der Waals surface area contributed by atoms with Crippen molar-refractivity contribution >= 4 is 23.4 Å². The van der Waals surface area contributed by atoms with Gasteiger partial charge in [-0.1, -0.05) is 43.6 Å². The van der Waals surface area contributed by atoms with Gasteiger partial charge in [0, 0.05) is 24.3 Å². The summed E-state index contributed by atoms with van der Waals surface area (Å²) >= 11 is 5.97. The highest BCUT2D eigenvalue weighted by Crippen LogP contribution is 2.29. The zero-order chi connectivity index (χ0) is 20.1. The predicted molar refractivity (Wildman–Crippen MR) is 110 cm³/mol. The molecule has 148 valence electrons. The molecular formula is C22H26ClN3O2. The van der Waals surface area contributed by atoms with Crippen molar-refractivity contribution in [2.24, 2.45) is 5.92 Å². The van der Waals surface area contributed by atoms with Crippen molar-refractivity contribution in [2.75, 3.05) is 13.1 Å². The van der Waals surface area contributed by atoms with Gasteiger partial charge in [-0.3, -0.25) is 14.6 Å². The Hall–Kier alpha value is -2.40. The van der Waals surface area contributed by atoms with Crippen LogP contribution in [0.4, 0.5) is 0 Å². The van der Waals surface area contributed by atoms with E-state index in [0.717, 1.165) is 17.9 Å². The molecule has 3 rings (SSSR count). The molecule has 1 aliphatic rings. The number of amides is 2. The predicted octanol–water partition coefficient (Wildman–Crippen LogP) is 3.90. The van der Waals surface area contributed by atoms with E-state index in [-0.39, 0.29) is 17.7 Å². The van der Waals surface area contributed by atoms with Gasteiger partial charge in [0.05, 0.1) is 0 Å². The van der Waals surface area contributed by atoms with Gasteiger partial charge in [0.15, 0.2) is 0 Å². The standard InChI is InChI=1S/C22H26ClN3O2/c1-15(2)20(25-21(27)19-5-3-4-12-24-19)22(28)26-13-10-17(11-14-26)16-6-8-18(23)9-7-16/h3-9,12,15,17,20H,10-11,13-14H2,1-2H3,(H,25,27). The number of nitrogens with one attached hydrogen (secondary N) is 1. The number of nitrogens with zero attached hydrogens (tertiary/aromatic N) is 2. The van der Waals surface area contributed by atoms with Crippen LogP contribution in [0.1, 0.15) is 48.7 Å². The molecule has 2 aromatic rings. The Balaban J connectivity index is 1.61. The quantitative estimate of drug-likeness (QED) is 0.829. The number of pyridine rings is 1. The summed E-state index contributed by atoms with van der Waals surface area (Å²) < 4.78 is 0. The lowest BCUT2D eigenvalue weighted by Gasteiger charge is -2.35. The van der Waals surface area contributed by atoms with E-state index in [9.17, 15) is 9.59 Å². The number of likely N-dealkylation sites (tertiary alicyclic amines) is 1. The third-order valence-corrected chi connectivity index (χ3v) is 5.52. The first-order chi connectivity index (χ1) is 13.5. The Kier molecular flexibility index (Phi) is 6.68. The zero-order valence-corrected chi connectivity index (χ0v) is 17.0. The van der Waals surface area contributed by atoms with E-state index < -0.39 is 6.04 Å². The first-order valence-corrected chi connectivity index (χ1v) is 10.1. The van der Waals surface area contributed by atoms with Gasteiger partial charge in [0.2, 0.25) is 5.91 Å². The minimum Gasteiger partial charge on any atom is -0.341 e. The molecular weight excluding hydrogens is 374 g/mol. The van der Waals surface area contributed by atoms with Gasteiger partial charge in [-0.2, -0.15) is 0 Å². The minimum absolute atomic E-state index is 0.00542. The number of aromatic nitrogens is 1. The molecule has 1 saturated heterocycles. The van der Waals surface area contributed by atoms with Gasteiger partial charge in [0.25, 0.3) is 5.91 Å². The van der Waals surface area contributed by atoms with Crippen LogP contribution in [-0.2, 0) is 4.79 Å². The Morgan fingerprint density at radius 2 is 1.79 bits per heavy atom. The third kappa shape index (κ3) is 4.90.